The van der Waals surface area contributed by atoms with Crippen molar-refractivity contribution in [2.45, 2.75) is 13.8 Å². The average molecular weight is 362 g/mol. The van der Waals surface area contributed by atoms with Gasteiger partial charge in [-0.05, 0) is 43.0 Å². The Balaban J connectivity index is 1.97. The number of ether oxygens (including phenoxy) is 2. The lowest BCUT2D eigenvalue weighted by Crippen LogP contribution is -2.04. The van der Waals surface area contributed by atoms with Crippen LogP contribution in [0, 0.1) is 0 Å². The van der Waals surface area contributed by atoms with Gasteiger partial charge in [-0.1, -0.05) is 43.0 Å². The summed E-state index contributed by atoms with van der Waals surface area (Å²) in [6.07, 6.45) is 0. The third-order valence-electron chi connectivity index (χ3n) is 4.31. The van der Waals surface area contributed by atoms with Gasteiger partial charge in [-0.15, -0.1) is 0 Å². The van der Waals surface area contributed by atoms with Crippen LogP contribution in [0.3, 0.4) is 0 Å². The van der Waals surface area contributed by atoms with E-state index in [-0.39, 0.29) is 22.7 Å². The Morgan fingerprint density at radius 1 is 0.963 bits per heavy atom. The summed E-state index contributed by atoms with van der Waals surface area (Å²) in [5.41, 5.74) is 1.13. The Labute approximate surface area is 158 Å². The molecule has 0 amide bonds. The minimum atomic E-state index is -0.329. The normalized spacial score (nSPS) is 10.6. The van der Waals surface area contributed by atoms with Gasteiger partial charge in [0.15, 0.2) is 17.3 Å². The third kappa shape index (κ3) is 3.65. The first kappa shape index (κ1) is 18.5. The van der Waals surface area contributed by atoms with E-state index >= 15 is 0 Å². The van der Waals surface area contributed by atoms with E-state index in [2.05, 4.69) is 6.58 Å². The van der Waals surface area contributed by atoms with Gasteiger partial charge in [-0.2, -0.15) is 0 Å². The van der Waals surface area contributed by atoms with E-state index in [1.807, 2.05) is 38.1 Å². The van der Waals surface area contributed by atoms with Gasteiger partial charge in [-0.3, -0.25) is 4.79 Å². The van der Waals surface area contributed by atoms with Crippen molar-refractivity contribution >= 4 is 22.1 Å². The molecule has 4 heteroatoms. The zero-order valence-corrected chi connectivity index (χ0v) is 15.5. The second kappa shape index (κ2) is 7.96. The Morgan fingerprint density at radius 3 is 2.41 bits per heavy atom. The predicted octanol–water partition coefficient (Wildman–Crippen LogP) is 5.24. The van der Waals surface area contributed by atoms with Crippen molar-refractivity contribution in [2.24, 2.45) is 0 Å². The van der Waals surface area contributed by atoms with E-state index in [0.29, 0.717) is 35.7 Å². The van der Waals surface area contributed by atoms with E-state index in [4.69, 9.17) is 9.47 Å². The molecule has 0 radical (unpaired) electrons. The molecule has 0 saturated carbocycles. The quantitative estimate of drug-likeness (QED) is 0.461. The van der Waals surface area contributed by atoms with Crippen LogP contribution in [0.4, 0.5) is 0 Å². The molecule has 0 aromatic heterocycles. The number of ketones is 1. The summed E-state index contributed by atoms with van der Waals surface area (Å²) >= 11 is 0. The number of rotatable bonds is 7. The second-order valence-electron chi connectivity index (χ2n) is 6.02. The first-order valence-electron chi connectivity index (χ1n) is 8.91. The van der Waals surface area contributed by atoms with Gasteiger partial charge in [0.1, 0.15) is 5.75 Å². The fourth-order valence-electron chi connectivity index (χ4n) is 2.97. The average Bonchev–Trinajstić information content (AvgIpc) is 2.69. The molecule has 3 aromatic rings. The number of hydrogen-bond acceptors (Lipinski definition) is 4. The summed E-state index contributed by atoms with van der Waals surface area (Å²) in [5.74, 6) is 0.825. The molecule has 0 saturated heterocycles. The van der Waals surface area contributed by atoms with Crippen LogP contribution < -0.4 is 9.47 Å². The van der Waals surface area contributed by atoms with Crippen LogP contribution in [0.25, 0.3) is 16.3 Å². The van der Waals surface area contributed by atoms with Crippen molar-refractivity contribution in [1.29, 1.82) is 0 Å². The predicted molar refractivity (Wildman–Crippen MR) is 108 cm³/mol. The fourth-order valence-corrected chi connectivity index (χ4v) is 2.97. The highest BCUT2D eigenvalue weighted by Crippen LogP contribution is 2.34. The lowest BCUT2D eigenvalue weighted by atomic mass is 9.95. The molecule has 3 rings (SSSR count). The molecular weight excluding hydrogens is 340 g/mol. The number of phenols is 1. The van der Waals surface area contributed by atoms with Crippen LogP contribution in [-0.4, -0.2) is 24.1 Å². The highest BCUT2D eigenvalue weighted by molar-refractivity contribution is 6.30. The van der Waals surface area contributed by atoms with E-state index in [9.17, 15) is 9.90 Å². The number of fused-ring (bicyclic) bond motifs is 1. The van der Waals surface area contributed by atoms with Crippen LogP contribution in [0.15, 0.2) is 61.2 Å². The van der Waals surface area contributed by atoms with Gasteiger partial charge >= 0.3 is 0 Å². The molecule has 138 valence electrons. The number of carbonyl (C=O) groups is 1. The van der Waals surface area contributed by atoms with Crippen molar-refractivity contribution in [3.8, 4) is 17.2 Å². The summed E-state index contributed by atoms with van der Waals surface area (Å²) in [6, 6.07) is 16.1. The number of benzene rings is 3. The Hall–Kier alpha value is -3.27. The fraction of sp³-hybridized carbons (Fsp3) is 0.174. The lowest BCUT2D eigenvalue weighted by Gasteiger charge is -2.14. The van der Waals surface area contributed by atoms with E-state index < -0.39 is 0 Å². The summed E-state index contributed by atoms with van der Waals surface area (Å²) in [7, 11) is 0. The van der Waals surface area contributed by atoms with E-state index in [0.717, 1.165) is 5.39 Å². The molecule has 27 heavy (non-hydrogen) atoms. The lowest BCUT2D eigenvalue weighted by molar-refractivity contribution is 0.105. The Kier molecular flexibility index (Phi) is 5.46. The highest BCUT2D eigenvalue weighted by atomic mass is 16.5. The molecule has 0 spiro atoms. The minimum absolute atomic E-state index is 0.0322. The molecule has 3 aromatic carbocycles. The first-order valence-corrected chi connectivity index (χ1v) is 8.91. The zero-order valence-electron chi connectivity index (χ0n) is 15.5. The van der Waals surface area contributed by atoms with Crippen molar-refractivity contribution in [3.05, 3.63) is 72.3 Å². The summed E-state index contributed by atoms with van der Waals surface area (Å²) in [4.78, 5) is 13.0. The molecule has 0 bridgehead atoms. The first-order chi connectivity index (χ1) is 13.1. The van der Waals surface area contributed by atoms with Gasteiger partial charge in [0, 0.05) is 11.0 Å². The zero-order chi connectivity index (χ0) is 19.4. The van der Waals surface area contributed by atoms with E-state index in [1.54, 1.807) is 30.3 Å². The van der Waals surface area contributed by atoms with Crippen LogP contribution >= 0.6 is 0 Å². The van der Waals surface area contributed by atoms with Gasteiger partial charge in [-0.25, -0.2) is 0 Å². The summed E-state index contributed by atoms with van der Waals surface area (Å²) < 4.78 is 11.2. The Morgan fingerprint density at radius 2 is 1.67 bits per heavy atom. The van der Waals surface area contributed by atoms with Crippen molar-refractivity contribution in [1.82, 2.24) is 0 Å². The van der Waals surface area contributed by atoms with Crippen LogP contribution in [-0.2, 0) is 0 Å². The minimum Gasteiger partial charge on any atom is -0.507 e. The van der Waals surface area contributed by atoms with Crippen LogP contribution in [0.5, 0.6) is 17.2 Å². The van der Waals surface area contributed by atoms with Gasteiger partial charge in [0.2, 0.25) is 0 Å². The third-order valence-corrected chi connectivity index (χ3v) is 4.31. The van der Waals surface area contributed by atoms with Crippen LogP contribution in [0.1, 0.15) is 29.8 Å². The SMILES string of the molecule is C=C(C(=O)c1ccc2ccccc2c1O)c1ccc(OCC)c(OCC)c1. The number of aromatic hydroxyl groups is 1. The van der Waals surface area contributed by atoms with Gasteiger partial charge < -0.3 is 14.6 Å². The van der Waals surface area contributed by atoms with Crippen LogP contribution in [0.2, 0.25) is 0 Å². The molecule has 0 aliphatic heterocycles. The number of Topliss-reactive ketones (excluding diaryl/α,β-unsaturated/α-hetero) is 1. The second-order valence-corrected chi connectivity index (χ2v) is 6.02. The largest absolute Gasteiger partial charge is 0.507 e. The van der Waals surface area contributed by atoms with E-state index in [1.165, 1.54) is 0 Å². The molecule has 0 unspecified atom stereocenters. The summed E-state index contributed by atoms with van der Waals surface area (Å²) in [5, 5.41) is 12.1. The smallest absolute Gasteiger partial charge is 0.196 e. The number of carbonyl (C=O) groups excluding carboxylic acids is 1. The Bertz CT molecular complexity index is 1000. The maximum atomic E-state index is 13.0. The maximum absolute atomic E-state index is 13.0. The van der Waals surface area contributed by atoms with Crippen molar-refractivity contribution in [3.63, 3.8) is 0 Å². The summed E-state index contributed by atoms with van der Waals surface area (Å²) in [6.45, 7) is 8.72. The van der Waals surface area contributed by atoms with Crippen molar-refractivity contribution < 1.29 is 19.4 Å². The van der Waals surface area contributed by atoms with Gasteiger partial charge in [0.05, 0.1) is 18.8 Å². The maximum Gasteiger partial charge on any atom is 0.196 e. The topological polar surface area (TPSA) is 55.8 Å². The monoisotopic (exact) mass is 362 g/mol. The number of allylic oxidation sites excluding steroid dienone is 1. The molecular formula is C23H22O4. The molecule has 1 N–H and O–H groups in total. The molecule has 0 heterocycles. The molecule has 0 aliphatic carbocycles. The molecule has 4 nitrogen and oxygen atoms in total. The van der Waals surface area contributed by atoms with Gasteiger partial charge in [0.25, 0.3) is 0 Å². The number of phenolic OH excluding ortho intramolecular Hbond substituents is 1. The number of hydrogen-bond donors (Lipinski definition) is 1. The molecule has 0 atom stereocenters. The molecule has 0 aliphatic rings. The van der Waals surface area contributed by atoms with Crippen molar-refractivity contribution in [2.75, 3.05) is 13.2 Å². The standard InChI is InChI=1S/C23H22O4/c1-4-26-20-13-11-17(14-21(20)27-5-2)15(3)22(24)19-12-10-16-8-6-7-9-18(16)23(19)25/h6-14,25H,3-5H2,1-2H3. The highest BCUT2D eigenvalue weighted by Gasteiger charge is 2.19. The molecule has 0 fully saturated rings.